The zero-order valence-electron chi connectivity index (χ0n) is 20.3. The number of nitrogens with one attached hydrogen (secondary N) is 2. The number of anilines is 1. The SMILES string of the molecule is CC(C)[C@@H](C(=O)N[C@@H](C)C(=O)Nc1ccc(COC(=O)Oc2ccc([N+](=O)[O-])cc2)cc1)N(C)C. The lowest BCUT2D eigenvalue weighted by Gasteiger charge is -2.28. The van der Waals surface area contributed by atoms with E-state index in [1.165, 1.54) is 24.3 Å². The smallest absolute Gasteiger partial charge is 0.429 e. The molecule has 0 aliphatic carbocycles. The molecule has 2 aromatic rings. The van der Waals surface area contributed by atoms with Gasteiger partial charge in [0.05, 0.1) is 11.0 Å². The number of ether oxygens (including phenoxy) is 2. The molecular formula is C24H30N4O7. The molecule has 0 spiro atoms. The van der Waals surface area contributed by atoms with E-state index in [4.69, 9.17) is 9.47 Å². The van der Waals surface area contributed by atoms with E-state index in [0.29, 0.717) is 11.3 Å². The first-order valence-corrected chi connectivity index (χ1v) is 10.9. The number of likely N-dealkylation sites (N-methyl/N-ethyl adjacent to an activating group) is 1. The molecule has 2 amide bonds. The average Bonchev–Trinajstić information content (AvgIpc) is 2.78. The predicted octanol–water partition coefficient (Wildman–Crippen LogP) is 3.34. The molecule has 2 rings (SSSR count). The van der Waals surface area contributed by atoms with Crippen molar-refractivity contribution in [2.45, 2.75) is 39.5 Å². The van der Waals surface area contributed by atoms with Gasteiger partial charge in [0, 0.05) is 17.8 Å². The number of benzene rings is 2. The van der Waals surface area contributed by atoms with Crippen LogP contribution in [0.1, 0.15) is 26.3 Å². The Morgan fingerprint density at radius 2 is 1.57 bits per heavy atom. The van der Waals surface area contributed by atoms with Crippen LogP contribution in [0.15, 0.2) is 48.5 Å². The molecule has 35 heavy (non-hydrogen) atoms. The molecule has 0 unspecified atom stereocenters. The molecular weight excluding hydrogens is 456 g/mol. The first-order chi connectivity index (χ1) is 16.5. The van der Waals surface area contributed by atoms with Gasteiger partial charge in [0.15, 0.2) is 0 Å². The van der Waals surface area contributed by atoms with Crippen LogP contribution in [0.4, 0.5) is 16.2 Å². The lowest BCUT2D eigenvalue weighted by Crippen LogP contribution is -2.51. The van der Waals surface area contributed by atoms with Crippen molar-refractivity contribution >= 4 is 29.3 Å². The fraction of sp³-hybridized carbons (Fsp3) is 0.375. The van der Waals surface area contributed by atoms with Crippen molar-refractivity contribution < 1.29 is 28.8 Å². The molecule has 0 saturated carbocycles. The summed E-state index contributed by atoms with van der Waals surface area (Å²) < 4.78 is 10.0. The molecule has 0 bridgehead atoms. The number of nitrogens with zero attached hydrogens (tertiary/aromatic N) is 2. The second kappa shape index (κ2) is 12.5. The number of rotatable bonds is 10. The highest BCUT2D eigenvalue weighted by Gasteiger charge is 2.27. The quantitative estimate of drug-likeness (QED) is 0.226. The van der Waals surface area contributed by atoms with Crippen LogP contribution in [0.25, 0.3) is 0 Å². The Labute approximate surface area is 203 Å². The summed E-state index contributed by atoms with van der Waals surface area (Å²) in [6.45, 7) is 5.41. The maximum atomic E-state index is 12.5. The van der Waals surface area contributed by atoms with Gasteiger partial charge in [-0.15, -0.1) is 0 Å². The highest BCUT2D eigenvalue weighted by atomic mass is 16.7. The van der Waals surface area contributed by atoms with E-state index < -0.39 is 17.1 Å². The second-order valence-electron chi connectivity index (χ2n) is 8.46. The number of carbonyl (C=O) groups excluding carboxylic acids is 3. The number of amides is 2. The van der Waals surface area contributed by atoms with Gasteiger partial charge in [-0.1, -0.05) is 26.0 Å². The van der Waals surface area contributed by atoms with Gasteiger partial charge >= 0.3 is 6.16 Å². The predicted molar refractivity (Wildman–Crippen MR) is 129 cm³/mol. The topological polar surface area (TPSA) is 140 Å². The summed E-state index contributed by atoms with van der Waals surface area (Å²) in [7, 11) is 3.63. The van der Waals surface area contributed by atoms with Gasteiger partial charge in [0.25, 0.3) is 5.69 Å². The third-order valence-electron chi connectivity index (χ3n) is 5.04. The number of hydrogen-bond donors (Lipinski definition) is 2. The number of nitro groups is 1. The summed E-state index contributed by atoms with van der Waals surface area (Å²) in [4.78, 5) is 48.7. The van der Waals surface area contributed by atoms with Crippen molar-refractivity contribution in [2.24, 2.45) is 5.92 Å². The Hall–Kier alpha value is -3.99. The Kier molecular flexibility index (Phi) is 9.71. The molecule has 2 atom stereocenters. The first-order valence-electron chi connectivity index (χ1n) is 10.9. The highest BCUT2D eigenvalue weighted by Crippen LogP contribution is 2.18. The standard InChI is InChI=1S/C24H30N4O7/c1-15(2)21(27(4)5)23(30)25-16(3)22(29)26-18-8-6-17(7-9-18)14-34-24(31)35-20-12-10-19(11-13-20)28(32)33/h6-13,15-16,21H,14H2,1-5H3,(H,25,30)(H,26,29)/t16-,21-/m0/s1. The molecule has 0 saturated heterocycles. The van der Waals surface area contributed by atoms with Gasteiger partial charge in [-0.25, -0.2) is 4.79 Å². The molecule has 0 radical (unpaired) electrons. The first kappa shape index (κ1) is 27.3. The lowest BCUT2D eigenvalue weighted by atomic mass is 10.0. The van der Waals surface area contributed by atoms with E-state index in [-0.39, 0.29) is 41.8 Å². The molecule has 0 aromatic heterocycles. The van der Waals surface area contributed by atoms with Crippen LogP contribution in [0, 0.1) is 16.0 Å². The van der Waals surface area contributed by atoms with E-state index in [0.717, 1.165) is 0 Å². The van der Waals surface area contributed by atoms with E-state index in [9.17, 15) is 24.5 Å². The Morgan fingerprint density at radius 1 is 0.971 bits per heavy atom. The molecule has 0 aliphatic rings. The molecule has 11 heteroatoms. The minimum absolute atomic E-state index is 0.0758. The summed E-state index contributed by atoms with van der Waals surface area (Å²) in [5.74, 6) is -0.386. The minimum atomic E-state index is -0.960. The summed E-state index contributed by atoms with van der Waals surface area (Å²) in [6, 6.07) is 10.6. The molecule has 2 N–H and O–H groups in total. The van der Waals surface area contributed by atoms with E-state index in [2.05, 4.69) is 10.6 Å². The van der Waals surface area contributed by atoms with Crippen LogP contribution >= 0.6 is 0 Å². The number of carbonyl (C=O) groups is 3. The van der Waals surface area contributed by atoms with E-state index >= 15 is 0 Å². The van der Waals surface area contributed by atoms with Crippen LogP contribution in [0.3, 0.4) is 0 Å². The summed E-state index contributed by atoms with van der Waals surface area (Å²) in [5.41, 5.74) is 1.04. The maximum Gasteiger partial charge on any atom is 0.514 e. The largest absolute Gasteiger partial charge is 0.514 e. The van der Waals surface area contributed by atoms with E-state index in [1.807, 2.05) is 32.8 Å². The van der Waals surface area contributed by atoms with Crippen molar-refractivity contribution in [3.05, 3.63) is 64.2 Å². The summed E-state index contributed by atoms with van der Waals surface area (Å²) >= 11 is 0. The monoisotopic (exact) mass is 486 g/mol. The van der Waals surface area contributed by atoms with Crippen molar-refractivity contribution in [2.75, 3.05) is 19.4 Å². The van der Waals surface area contributed by atoms with Gasteiger partial charge < -0.3 is 20.1 Å². The van der Waals surface area contributed by atoms with Crippen LogP contribution < -0.4 is 15.4 Å². The maximum absolute atomic E-state index is 12.5. The molecule has 0 fully saturated rings. The van der Waals surface area contributed by atoms with Crippen LogP contribution in [-0.4, -0.2) is 54.0 Å². The van der Waals surface area contributed by atoms with Crippen molar-refractivity contribution in [1.29, 1.82) is 0 Å². The normalized spacial score (nSPS) is 12.5. The number of nitro benzene ring substituents is 1. The minimum Gasteiger partial charge on any atom is -0.429 e. The lowest BCUT2D eigenvalue weighted by molar-refractivity contribution is -0.384. The Balaban J connectivity index is 1.83. The molecule has 0 heterocycles. The van der Waals surface area contributed by atoms with E-state index in [1.54, 1.807) is 31.2 Å². The van der Waals surface area contributed by atoms with Gasteiger partial charge in [0.1, 0.15) is 18.4 Å². The fourth-order valence-electron chi connectivity index (χ4n) is 3.34. The van der Waals surface area contributed by atoms with Crippen LogP contribution in [0.2, 0.25) is 0 Å². The fourth-order valence-corrected chi connectivity index (χ4v) is 3.34. The van der Waals surface area contributed by atoms with Crippen molar-refractivity contribution in [3.8, 4) is 5.75 Å². The third-order valence-corrected chi connectivity index (χ3v) is 5.04. The second-order valence-corrected chi connectivity index (χ2v) is 8.46. The molecule has 11 nitrogen and oxygen atoms in total. The van der Waals surface area contributed by atoms with Gasteiger partial charge in [-0.2, -0.15) is 0 Å². The van der Waals surface area contributed by atoms with Crippen molar-refractivity contribution in [1.82, 2.24) is 10.2 Å². The van der Waals surface area contributed by atoms with Crippen LogP contribution in [-0.2, 0) is 20.9 Å². The number of non-ortho nitro benzene ring substituents is 1. The molecule has 0 aliphatic heterocycles. The Morgan fingerprint density at radius 3 is 2.09 bits per heavy atom. The van der Waals surface area contributed by atoms with Gasteiger partial charge in [0.2, 0.25) is 11.8 Å². The van der Waals surface area contributed by atoms with Crippen LogP contribution in [0.5, 0.6) is 5.75 Å². The highest BCUT2D eigenvalue weighted by molar-refractivity contribution is 5.97. The van der Waals surface area contributed by atoms with Gasteiger partial charge in [-0.05, 0) is 56.8 Å². The summed E-state index contributed by atoms with van der Waals surface area (Å²) in [5, 5.41) is 16.1. The zero-order valence-corrected chi connectivity index (χ0v) is 20.3. The summed E-state index contributed by atoms with van der Waals surface area (Å²) in [6.07, 6.45) is -0.960. The molecule has 2 aromatic carbocycles. The Bertz CT molecular complexity index is 1030. The van der Waals surface area contributed by atoms with Crippen molar-refractivity contribution in [3.63, 3.8) is 0 Å². The van der Waals surface area contributed by atoms with Gasteiger partial charge in [-0.3, -0.25) is 24.6 Å². The zero-order chi connectivity index (χ0) is 26.1. The average molecular weight is 487 g/mol. The third kappa shape index (κ3) is 8.38. The number of hydrogen-bond acceptors (Lipinski definition) is 8. The molecule has 188 valence electrons.